The van der Waals surface area contributed by atoms with Crippen LogP contribution in [-0.4, -0.2) is 49.7 Å². The topological polar surface area (TPSA) is 31.0 Å². The highest BCUT2D eigenvalue weighted by molar-refractivity contribution is 5.80. The van der Waals surface area contributed by atoms with Gasteiger partial charge >= 0.3 is 0 Å². The number of halogens is 1. The van der Waals surface area contributed by atoms with E-state index in [0.29, 0.717) is 23.9 Å². The molecule has 0 radical (unpaired) electrons. The Morgan fingerprint density at radius 2 is 1.81 bits per heavy atom. The van der Waals surface area contributed by atoms with E-state index in [9.17, 15) is 4.39 Å². The van der Waals surface area contributed by atoms with Gasteiger partial charge in [-0.25, -0.2) is 4.39 Å². The number of ether oxygens (including phenoxy) is 1. The van der Waals surface area contributed by atoms with E-state index in [0.717, 1.165) is 37.6 Å². The van der Waals surface area contributed by atoms with Gasteiger partial charge in [0.2, 0.25) is 0 Å². The van der Waals surface area contributed by atoms with Crippen molar-refractivity contribution in [2.75, 3.05) is 44.8 Å². The first-order valence-corrected chi connectivity index (χ1v) is 8.82. The predicted octanol–water partition coefficient (Wildman–Crippen LogP) is 3.34. The summed E-state index contributed by atoms with van der Waals surface area (Å²) in [7, 11) is 2.14. The smallest absolute Gasteiger partial charge is 0.151 e. The molecule has 0 unspecified atom stereocenters. The van der Waals surface area contributed by atoms with Gasteiger partial charge in [0, 0.05) is 32.2 Å². The second-order valence-electron chi connectivity index (χ2n) is 6.72. The molecule has 2 aromatic carbocycles. The lowest BCUT2D eigenvalue weighted by Crippen LogP contribution is -2.48. The van der Waals surface area contributed by atoms with Crippen LogP contribution in [0.4, 0.5) is 15.8 Å². The molecule has 0 spiro atoms. The lowest BCUT2D eigenvalue weighted by molar-refractivity contribution is 0.148. The molecule has 0 bridgehead atoms. The molecule has 2 aliphatic rings. The second-order valence-corrected chi connectivity index (χ2v) is 6.72. The van der Waals surface area contributed by atoms with Crippen molar-refractivity contribution in [3.05, 3.63) is 60.7 Å². The minimum Gasteiger partial charge on any atom is -0.453 e. The number of benzene rings is 2. The Hall–Kier alpha value is -2.57. The van der Waals surface area contributed by atoms with E-state index in [4.69, 9.17) is 4.74 Å². The fourth-order valence-electron chi connectivity index (χ4n) is 3.31. The molecule has 2 aliphatic heterocycles. The highest BCUT2D eigenvalue weighted by Gasteiger charge is 2.27. The molecule has 2 heterocycles. The van der Waals surface area contributed by atoms with Crippen molar-refractivity contribution >= 4 is 11.4 Å². The van der Waals surface area contributed by atoms with Crippen LogP contribution in [0.15, 0.2) is 54.9 Å². The predicted molar refractivity (Wildman–Crippen MR) is 101 cm³/mol. The standard InChI is InChI=1S/C20H23FN4O/c1-15(22-14-24-11-9-23(2)10-12-24)25-17-5-3-4-6-19(17)26-20-8-7-16(21)13-18(20)25/h3-8,13,22H,1,9-12,14H2,2H3. The van der Waals surface area contributed by atoms with Gasteiger partial charge in [-0.05, 0) is 31.3 Å². The van der Waals surface area contributed by atoms with Crippen LogP contribution in [-0.2, 0) is 0 Å². The quantitative estimate of drug-likeness (QED) is 0.910. The summed E-state index contributed by atoms with van der Waals surface area (Å²) in [6.45, 7) is 9.06. The maximum Gasteiger partial charge on any atom is 0.151 e. The van der Waals surface area contributed by atoms with E-state index in [1.54, 1.807) is 6.07 Å². The lowest BCUT2D eigenvalue weighted by atomic mass is 10.1. The Morgan fingerprint density at radius 1 is 1.08 bits per heavy atom. The molecular weight excluding hydrogens is 331 g/mol. The van der Waals surface area contributed by atoms with Gasteiger partial charge in [-0.3, -0.25) is 9.80 Å². The average molecular weight is 354 g/mol. The van der Waals surface area contributed by atoms with Crippen LogP contribution in [0, 0.1) is 5.82 Å². The Labute approximate surface area is 153 Å². The van der Waals surface area contributed by atoms with Crippen LogP contribution in [0.3, 0.4) is 0 Å². The molecular formula is C20H23FN4O. The molecule has 1 fully saturated rings. The Kier molecular flexibility index (Phi) is 4.53. The Bertz CT molecular complexity index is 817. The maximum absolute atomic E-state index is 13.9. The zero-order chi connectivity index (χ0) is 18.1. The first-order chi connectivity index (χ1) is 12.6. The summed E-state index contributed by atoms with van der Waals surface area (Å²) in [6.07, 6.45) is 0. The molecule has 6 heteroatoms. The van der Waals surface area contributed by atoms with Crippen molar-refractivity contribution in [2.24, 2.45) is 0 Å². The molecule has 4 rings (SSSR count). The Morgan fingerprint density at radius 3 is 2.62 bits per heavy atom. The van der Waals surface area contributed by atoms with Crippen molar-refractivity contribution in [3.8, 4) is 11.5 Å². The van der Waals surface area contributed by atoms with Crippen molar-refractivity contribution in [1.82, 2.24) is 15.1 Å². The van der Waals surface area contributed by atoms with Gasteiger partial charge in [0.05, 0.1) is 18.0 Å². The number of hydrogen-bond acceptors (Lipinski definition) is 5. The number of para-hydroxylation sites is 2. The van der Waals surface area contributed by atoms with Crippen LogP contribution in [0.2, 0.25) is 0 Å². The van der Waals surface area contributed by atoms with Crippen LogP contribution >= 0.6 is 0 Å². The zero-order valence-corrected chi connectivity index (χ0v) is 14.9. The summed E-state index contributed by atoms with van der Waals surface area (Å²) in [4.78, 5) is 6.60. The van der Waals surface area contributed by atoms with Crippen molar-refractivity contribution in [3.63, 3.8) is 0 Å². The maximum atomic E-state index is 13.9. The summed E-state index contributed by atoms with van der Waals surface area (Å²) in [5.41, 5.74) is 1.50. The van der Waals surface area contributed by atoms with Crippen LogP contribution < -0.4 is 15.0 Å². The number of nitrogens with one attached hydrogen (secondary N) is 1. The van der Waals surface area contributed by atoms with Gasteiger partial charge in [0.25, 0.3) is 0 Å². The average Bonchev–Trinajstić information content (AvgIpc) is 2.65. The first kappa shape index (κ1) is 16.9. The van der Waals surface area contributed by atoms with E-state index in [2.05, 4.69) is 28.7 Å². The molecule has 136 valence electrons. The summed E-state index contributed by atoms with van der Waals surface area (Å²) in [5.74, 6) is 1.75. The van der Waals surface area contributed by atoms with Crippen molar-refractivity contribution in [1.29, 1.82) is 0 Å². The number of rotatable bonds is 4. The molecule has 0 aliphatic carbocycles. The molecule has 1 N–H and O–H groups in total. The molecule has 5 nitrogen and oxygen atoms in total. The van der Waals surface area contributed by atoms with E-state index in [1.165, 1.54) is 12.1 Å². The fraction of sp³-hybridized carbons (Fsp3) is 0.300. The number of fused-ring (bicyclic) bond motifs is 2. The summed E-state index contributed by atoms with van der Waals surface area (Å²) in [6, 6.07) is 12.3. The van der Waals surface area contributed by atoms with Crippen LogP contribution in [0.25, 0.3) is 0 Å². The lowest BCUT2D eigenvalue weighted by Gasteiger charge is -2.36. The van der Waals surface area contributed by atoms with Gasteiger partial charge < -0.3 is 15.0 Å². The molecule has 2 aromatic rings. The zero-order valence-electron chi connectivity index (χ0n) is 14.9. The normalized spacial score (nSPS) is 17.2. The summed E-state index contributed by atoms with van der Waals surface area (Å²) < 4.78 is 19.8. The summed E-state index contributed by atoms with van der Waals surface area (Å²) in [5, 5.41) is 3.40. The fourth-order valence-corrected chi connectivity index (χ4v) is 3.31. The third-order valence-corrected chi connectivity index (χ3v) is 4.86. The van der Waals surface area contributed by atoms with E-state index in [-0.39, 0.29) is 5.82 Å². The second kappa shape index (κ2) is 6.97. The highest BCUT2D eigenvalue weighted by Crippen LogP contribution is 2.47. The van der Waals surface area contributed by atoms with E-state index < -0.39 is 0 Å². The number of likely N-dealkylation sites (N-methyl/N-ethyl adjacent to an activating group) is 1. The third-order valence-electron chi connectivity index (χ3n) is 4.86. The number of hydrogen-bond donors (Lipinski definition) is 1. The van der Waals surface area contributed by atoms with Gasteiger partial charge in [-0.15, -0.1) is 0 Å². The summed E-state index contributed by atoms with van der Waals surface area (Å²) >= 11 is 0. The third kappa shape index (κ3) is 3.25. The van der Waals surface area contributed by atoms with Gasteiger partial charge in [0.15, 0.2) is 11.5 Å². The molecule has 0 amide bonds. The van der Waals surface area contributed by atoms with E-state index in [1.807, 2.05) is 29.2 Å². The number of piperazine rings is 1. The largest absolute Gasteiger partial charge is 0.453 e. The minimum atomic E-state index is -0.302. The van der Waals surface area contributed by atoms with Gasteiger partial charge in [0.1, 0.15) is 11.6 Å². The van der Waals surface area contributed by atoms with E-state index >= 15 is 0 Å². The van der Waals surface area contributed by atoms with Gasteiger partial charge in [-0.2, -0.15) is 0 Å². The molecule has 0 aromatic heterocycles. The molecule has 26 heavy (non-hydrogen) atoms. The van der Waals surface area contributed by atoms with Crippen LogP contribution in [0.1, 0.15) is 0 Å². The van der Waals surface area contributed by atoms with Crippen molar-refractivity contribution < 1.29 is 9.13 Å². The number of anilines is 2. The van der Waals surface area contributed by atoms with Crippen molar-refractivity contribution in [2.45, 2.75) is 0 Å². The SMILES string of the molecule is C=C(NCN1CCN(C)CC1)N1c2ccccc2Oc2ccc(F)cc21. The molecule has 0 saturated carbocycles. The van der Waals surface area contributed by atoms with Gasteiger partial charge in [-0.1, -0.05) is 18.7 Å². The molecule has 1 saturated heterocycles. The first-order valence-electron chi connectivity index (χ1n) is 8.82. The Balaban J connectivity index is 1.57. The number of nitrogens with zero attached hydrogens (tertiary/aromatic N) is 3. The minimum absolute atomic E-state index is 0.302. The molecule has 0 atom stereocenters. The van der Waals surface area contributed by atoms with Crippen LogP contribution in [0.5, 0.6) is 11.5 Å². The highest BCUT2D eigenvalue weighted by atomic mass is 19.1. The monoisotopic (exact) mass is 354 g/mol.